The van der Waals surface area contributed by atoms with Crippen molar-refractivity contribution in [2.75, 3.05) is 6.61 Å². The molecule has 0 amide bonds. The van der Waals surface area contributed by atoms with Gasteiger partial charge in [-0.1, -0.05) is 42.5 Å². The largest absolute Gasteiger partial charge is 0.375 e. The molecule has 0 spiro atoms. The van der Waals surface area contributed by atoms with Crippen LogP contribution in [0.2, 0.25) is 0 Å². The highest BCUT2D eigenvalue weighted by Crippen LogP contribution is 2.26. The Labute approximate surface area is 106 Å². The Morgan fingerprint density at radius 2 is 1.56 bits per heavy atom. The lowest BCUT2D eigenvalue weighted by molar-refractivity contribution is 0.132. The summed E-state index contributed by atoms with van der Waals surface area (Å²) in [5.74, 6) is 0. The second-order valence-electron chi connectivity index (χ2n) is 4.26. The Hall–Kier alpha value is -1.93. The van der Waals surface area contributed by atoms with E-state index in [4.69, 9.17) is 9.72 Å². The van der Waals surface area contributed by atoms with E-state index in [2.05, 4.69) is 36.4 Å². The summed E-state index contributed by atoms with van der Waals surface area (Å²) >= 11 is 0. The highest BCUT2D eigenvalue weighted by atomic mass is 16.5. The molecule has 2 nitrogen and oxygen atoms in total. The van der Waals surface area contributed by atoms with E-state index in [0.717, 1.165) is 11.2 Å². The Bertz CT molecular complexity index is 691. The summed E-state index contributed by atoms with van der Waals surface area (Å²) in [6.45, 7) is 3.29. The van der Waals surface area contributed by atoms with Crippen molar-refractivity contribution in [3.63, 3.8) is 0 Å². The van der Waals surface area contributed by atoms with E-state index in [0.29, 0.717) is 13.2 Å². The maximum absolute atomic E-state index is 5.51. The van der Waals surface area contributed by atoms with Gasteiger partial charge in [-0.25, -0.2) is 4.98 Å². The molecule has 1 heterocycles. The van der Waals surface area contributed by atoms with E-state index in [9.17, 15) is 0 Å². The minimum absolute atomic E-state index is 0.571. The first-order valence-electron chi connectivity index (χ1n) is 6.24. The number of ether oxygens (including phenoxy) is 1. The fourth-order valence-corrected chi connectivity index (χ4v) is 2.28. The maximum atomic E-state index is 5.51. The molecular formula is C16H15NO. The second kappa shape index (κ2) is 4.75. The summed E-state index contributed by atoms with van der Waals surface area (Å²) in [7, 11) is 0. The van der Waals surface area contributed by atoms with Gasteiger partial charge in [0.2, 0.25) is 0 Å². The van der Waals surface area contributed by atoms with Crippen LogP contribution in [0.15, 0.2) is 48.5 Å². The number of fused-ring (bicyclic) bond motifs is 3. The van der Waals surface area contributed by atoms with Gasteiger partial charge in [-0.05, 0) is 18.4 Å². The first kappa shape index (κ1) is 11.2. The SMILES string of the molecule is CCOCc1nc2ccccc2c2ccccc12. The molecule has 0 fully saturated rings. The third-order valence-corrected chi connectivity index (χ3v) is 3.13. The third-order valence-electron chi connectivity index (χ3n) is 3.13. The average molecular weight is 237 g/mol. The zero-order valence-corrected chi connectivity index (χ0v) is 10.4. The monoisotopic (exact) mass is 237 g/mol. The molecule has 0 saturated carbocycles. The second-order valence-corrected chi connectivity index (χ2v) is 4.26. The molecule has 0 aliphatic rings. The summed E-state index contributed by atoms with van der Waals surface area (Å²) in [6.07, 6.45) is 0. The van der Waals surface area contributed by atoms with E-state index in [1.54, 1.807) is 0 Å². The molecule has 0 atom stereocenters. The van der Waals surface area contributed by atoms with Crippen molar-refractivity contribution < 1.29 is 4.74 Å². The number of pyridine rings is 1. The summed E-state index contributed by atoms with van der Waals surface area (Å²) < 4.78 is 5.51. The van der Waals surface area contributed by atoms with E-state index in [1.807, 2.05) is 19.1 Å². The predicted molar refractivity (Wildman–Crippen MR) is 74.6 cm³/mol. The Morgan fingerprint density at radius 1 is 0.889 bits per heavy atom. The smallest absolute Gasteiger partial charge is 0.0894 e. The zero-order chi connectivity index (χ0) is 12.4. The molecule has 0 aliphatic carbocycles. The van der Waals surface area contributed by atoms with Crippen LogP contribution in [0.5, 0.6) is 0 Å². The number of rotatable bonds is 3. The van der Waals surface area contributed by atoms with Gasteiger partial charge >= 0.3 is 0 Å². The van der Waals surface area contributed by atoms with Crippen LogP contribution in [0.1, 0.15) is 12.6 Å². The van der Waals surface area contributed by atoms with Crippen LogP contribution in [0.25, 0.3) is 21.7 Å². The summed E-state index contributed by atoms with van der Waals surface area (Å²) in [5, 5.41) is 3.64. The number of hydrogen-bond acceptors (Lipinski definition) is 2. The molecule has 2 heteroatoms. The maximum Gasteiger partial charge on any atom is 0.0894 e. The molecule has 1 aromatic heterocycles. The normalized spacial score (nSPS) is 11.2. The molecule has 0 radical (unpaired) electrons. The minimum atomic E-state index is 0.571. The van der Waals surface area contributed by atoms with E-state index in [-0.39, 0.29) is 0 Å². The van der Waals surface area contributed by atoms with Crippen LogP contribution >= 0.6 is 0 Å². The lowest BCUT2D eigenvalue weighted by Crippen LogP contribution is -1.97. The van der Waals surface area contributed by atoms with Gasteiger partial charge in [0.1, 0.15) is 0 Å². The van der Waals surface area contributed by atoms with Gasteiger partial charge in [0.25, 0.3) is 0 Å². The molecule has 0 saturated heterocycles. The van der Waals surface area contributed by atoms with Crippen LogP contribution in [0, 0.1) is 0 Å². The lowest BCUT2D eigenvalue weighted by Gasteiger charge is -2.09. The van der Waals surface area contributed by atoms with Gasteiger partial charge in [-0.15, -0.1) is 0 Å². The van der Waals surface area contributed by atoms with Crippen LogP contribution in [0.3, 0.4) is 0 Å². The zero-order valence-electron chi connectivity index (χ0n) is 10.4. The van der Waals surface area contributed by atoms with Gasteiger partial charge in [-0.3, -0.25) is 0 Å². The molecule has 0 aliphatic heterocycles. The molecule has 18 heavy (non-hydrogen) atoms. The molecule has 3 rings (SSSR count). The molecular weight excluding hydrogens is 222 g/mol. The number of nitrogens with zero attached hydrogens (tertiary/aromatic N) is 1. The van der Waals surface area contributed by atoms with Crippen molar-refractivity contribution in [3.05, 3.63) is 54.2 Å². The first-order chi connectivity index (χ1) is 8.90. The predicted octanol–water partition coefficient (Wildman–Crippen LogP) is 3.92. The molecule has 0 N–H and O–H groups in total. The summed E-state index contributed by atoms with van der Waals surface area (Å²) in [4.78, 5) is 4.72. The van der Waals surface area contributed by atoms with Crippen molar-refractivity contribution >= 4 is 21.7 Å². The molecule has 0 bridgehead atoms. The van der Waals surface area contributed by atoms with Crippen LogP contribution in [0.4, 0.5) is 0 Å². The van der Waals surface area contributed by atoms with Crippen molar-refractivity contribution in [2.45, 2.75) is 13.5 Å². The Balaban J connectivity index is 2.32. The van der Waals surface area contributed by atoms with Crippen molar-refractivity contribution in [1.82, 2.24) is 4.98 Å². The van der Waals surface area contributed by atoms with Crippen molar-refractivity contribution in [3.8, 4) is 0 Å². The van der Waals surface area contributed by atoms with Gasteiger partial charge in [0, 0.05) is 17.4 Å². The minimum Gasteiger partial charge on any atom is -0.375 e. The van der Waals surface area contributed by atoms with Gasteiger partial charge in [0.05, 0.1) is 17.8 Å². The first-order valence-corrected chi connectivity index (χ1v) is 6.24. The summed E-state index contributed by atoms with van der Waals surface area (Å²) in [6, 6.07) is 16.6. The van der Waals surface area contributed by atoms with Crippen molar-refractivity contribution in [1.29, 1.82) is 0 Å². The number of benzene rings is 2. The quantitative estimate of drug-likeness (QED) is 0.644. The Kier molecular flexibility index (Phi) is 2.95. The topological polar surface area (TPSA) is 22.1 Å². The molecule has 3 aromatic rings. The Morgan fingerprint density at radius 3 is 2.33 bits per heavy atom. The van der Waals surface area contributed by atoms with Crippen LogP contribution in [-0.2, 0) is 11.3 Å². The molecule has 90 valence electrons. The molecule has 0 unspecified atom stereocenters. The number of hydrogen-bond donors (Lipinski definition) is 0. The highest BCUT2D eigenvalue weighted by Gasteiger charge is 2.07. The average Bonchev–Trinajstić information content (AvgIpc) is 2.45. The molecule has 2 aromatic carbocycles. The van der Waals surface area contributed by atoms with Gasteiger partial charge in [-0.2, -0.15) is 0 Å². The van der Waals surface area contributed by atoms with Crippen LogP contribution < -0.4 is 0 Å². The fourth-order valence-electron chi connectivity index (χ4n) is 2.28. The highest BCUT2D eigenvalue weighted by molar-refractivity contribution is 6.06. The van der Waals surface area contributed by atoms with E-state index >= 15 is 0 Å². The standard InChI is InChI=1S/C16H15NO/c1-2-18-11-16-14-9-4-3-7-12(14)13-8-5-6-10-15(13)17-16/h3-10H,2,11H2,1H3. The van der Waals surface area contributed by atoms with E-state index in [1.165, 1.54) is 16.2 Å². The summed E-state index contributed by atoms with van der Waals surface area (Å²) in [5.41, 5.74) is 2.05. The van der Waals surface area contributed by atoms with E-state index < -0.39 is 0 Å². The van der Waals surface area contributed by atoms with Crippen LogP contribution in [-0.4, -0.2) is 11.6 Å². The van der Waals surface area contributed by atoms with Crippen molar-refractivity contribution in [2.24, 2.45) is 0 Å². The lowest BCUT2D eigenvalue weighted by atomic mass is 10.0. The third kappa shape index (κ3) is 1.85. The van der Waals surface area contributed by atoms with Gasteiger partial charge < -0.3 is 4.74 Å². The van der Waals surface area contributed by atoms with Gasteiger partial charge in [0.15, 0.2) is 0 Å². The number of para-hydroxylation sites is 1. The number of aromatic nitrogens is 1. The fraction of sp³-hybridized carbons (Fsp3) is 0.188.